The summed E-state index contributed by atoms with van der Waals surface area (Å²) in [6.45, 7) is 1.73. The molecule has 1 spiro atoms. The molecular formula is C12H11ClN2O2. The fourth-order valence-electron chi connectivity index (χ4n) is 2.28. The topological polar surface area (TPSA) is 46.4 Å². The Hall–Kier alpha value is -1.55. The van der Waals surface area contributed by atoms with E-state index in [0.29, 0.717) is 21.3 Å². The van der Waals surface area contributed by atoms with Gasteiger partial charge in [-0.3, -0.25) is 4.79 Å². The molecule has 1 aromatic rings. The van der Waals surface area contributed by atoms with E-state index in [1.807, 2.05) is 0 Å². The Labute approximate surface area is 104 Å². The highest BCUT2D eigenvalue weighted by Gasteiger charge is 2.65. The van der Waals surface area contributed by atoms with Crippen molar-refractivity contribution in [1.82, 2.24) is 0 Å². The van der Waals surface area contributed by atoms with Crippen LogP contribution in [0.5, 0.6) is 0 Å². The van der Waals surface area contributed by atoms with Crippen molar-refractivity contribution in [3.8, 4) is 0 Å². The lowest BCUT2D eigenvalue weighted by Gasteiger charge is -2.14. The number of hydrogen-bond donors (Lipinski definition) is 0. The molecule has 0 aromatic heterocycles. The first-order valence-corrected chi connectivity index (χ1v) is 5.85. The first-order chi connectivity index (χ1) is 8.06. The van der Waals surface area contributed by atoms with Crippen LogP contribution in [0.4, 0.5) is 5.69 Å². The van der Waals surface area contributed by atoms with Crippen molar-refractivity contribution >= 4 is 28.9 Å². The van der Waals surface area contributed by atoms with E-state index in [2.05, 4.69) is 0 Å². The minimum atomic E-state index is -0.513. The second-order valence-electron chi connectivity index (χ2n) is 4.53. The third-order valence-corrected chi connectivity index (χ3v) is 3.84. The van der Waals surface area contributed by atoms with Crippen molar-refractivity contribution in [3.05, 3.63) is 34.5 Å². The number of carbonyl (C=O) groups is 1. The summed E-state index contributed by atoms with van der Waals surface area (Å²) in [6, 6.07) is 6.70. The highest BCUT2D eigenvalue weighted by molar-refractivity contribution is 6.30. The van der Waals surface area contributed by atoms with E-state index < -0.39 is 5.41 Å². The zero-order chi connectivity index (χ0) is 12.2. The predicted octanol–water partition coefficient (Wildman–Crippen LogP) is 2.35. The minimum Gasteiger partial charge on any atom is -0.596 e. The lowest BCUT2D eigenvalue weighted by Crippen LogP contribution is -2.33. The van der Waals surface area contributed by atoms with Crippen LogP contribution in [0.1, 0.15) is 19.8 Å². The summed E-state index contributed by atoms with van der Waals surface area (Å²) in [5.41, 5.74) is 0.650. The molecule has 3 rings (SSSR count). The molecule has 1 heterocycles. The van der Waals surface area contributed by atoms with Gasteiger partial charge in [0.05, 0.1) is 0 Å². The van der Waals surface area contributed by atoms with Gasteiger partial charge in [0.25, 0.3) is 0 Å². The summed E-state index contributed by atoms with van der Waals surface area (Å²) in [5, 5.41) is 13.8. The predicted molar refractivity (Wildman–Crippen MR) is 64.9 cm³/mol. The smallest absolute Gasteiger partial charge is 0.301 e. The molecule has 1 fully saturated rings. The van der Waals surface area contributed by atoms with Crippen LogP contribution in [0, 0.1) is 10.6 Å². The van der Waals surface area contributed by atoms with Gasteiger partial charge in [-0.15, -0.1) is 0 Å². The van der Waals surface area contributed by atoms with E-state index in [1.54, 1.807) is 31.2 Å². The van der Waals surface area contributed by atoms with Gasteiger partial charge in [0.1, 0.15) is 11.1 Å². The Bertz CT molecular complexity index is 532. The Morgan fingerprint density at radius 2 is 1.94 bits per heavy atom. The van der Waals surface area contributed by atoms with Crippen molar-refractivity contribution in [2.75, 3.05) is 5.01 Å². The molecule has 2 aliphatic rings. The third kappa shape index (κ3) is 1.30. The average Bonchev–Trinajstić information content (AvgIpc) is 3.09. The van der Waals surface area contributed by atoms with Gasteiger partial charge < -0.3 is 5.21 Å². The van der Waals surface area contributed by atoms with E-state index in [9.17, 15) is 10.0 Å². The quantitative estimate of drug-likeness (QED) is 0.567. The molecule has 0 bridgehead atoms. The van der Waals surface area contributed by atoms with E-state index in [0.717, 1.165) is 12.8 Å². The molecule has 17 heavy (non-hydrogen) atoms. The maximum absolute atomic E-state index is 12.2. The SMILES string of the molecule is CC1=[N+]([O-])N(c2ccc(Cl)cc2)C(=O)C12CC2. The van der Waals surface area contributed by atoms with Crippen molar-refractivity contribution in [2.24, 2.45) is 5.41 Å². The van der Waals surface area contributed by atoms with Crippen molar-refractivity contribution in [1.29, 1.82) is 0 Å². The fraction of sp³-hybridized carbons (Fsp3) is 0.333. The van der Waals surface area contributed by atoms with Gasteiger partial charge in [0.15, 0.2) is 0 Å². The lowest BCUT2D eigenvalue weighted by molar-refractivity contribution is -0.456. The number of nitrogens with zero attached hydrogens (tertiary/aromatic N) is 2. The van der Waals surface area contributed by atoms with Gasteiger partial charge in [-0.2, -0.15) is 0 Å². The highest BCUT2D eigenvalue weighted by atomic mass is 35.5. The number of anilines is 1. The summed E-state index contributed by atoms with van der Waals surface area (Å²) < 4.78 is 0. The maximum Gasteiger partial charge on any atom is 0.301 e. The number of hydrazone groups is 1. The van der Waals surface area contributed by atoms with Gasteiger partial charge >= 0.3 is 5.91 Å². The summed E-state index contributed by atoms with van der Waals surface area (Å²) >= 11 is 5.79. The van der Waals surface area contributed by atoms with Crippen molar-refractivity contribution < 1.29 is 9.64 Å². The highest BCUT2D eigenvalue weighted by Crippen LogP contribution is 2.51. The second kappa shape index (κ2) is 3.23. The van der Waals surface area contributed by atoms with Gasteiger partial charge in [0, 0.05) is 11.9 Å². The van der Waals surface area contributed by atoms with Gasteiger partial charge in [-0.1, -0.05) is 21.5 Å². The lowest BCUT2D eigenvalue weighted by atomic mass is 10.0. The monoisotopic (exact) mass is 250 g/mol. The van der Waals surface area contributed by atoms with E-state index in [4.69, 9.17) is 11.6 Å². The number of hydrogen-bond acceptors (Lipinski definition) is 2. The zero-order valence-corrected chi connectivity index (χ0v) is 10.1. The number of carbonyl (C=O) groups excluding carboxylic acids is 1. The van der Waals surface area contributed by atoms with Crippen LogP contribution in [0.25, 0.3) is 0 Å². The molecule has 0 radical (unpaired) electrons. The van der Waals surface area contributed by atoms with E-state index in [-0.39, 0.29) is 5.91 Å². The molecule has 0 saturated heterocycles. The summed E-state index contributed by atoms with van der Waals surface area (Å²) in [5.74, 6) is -0.118. The zero-order valence-electron chi connectivity index (χ0n) is 9.31. The van der Waals surface area contributed by atoms with Crippen LogP contribution < -0.4 is 5.01 Å². The van der Waals surface area contributed by atoms with Crippen molar-refractivity contribution in [2.45, 2.75) is 19.8 Å². The molecule has 0 unspecified atom stereocenters. The average molecular weight is 251 g/mol. The number of halogens is 1. The maximum atomic E-state index is 12.2. The molecule has 0 N–H and O–H groups in total. The second-order valence-corrected chi connectivity index (χ2v) is 4.97. The number of rotatable bonds is 1. The molecule has 88 valence electrons. The minimum absolute atomic E-state index is 0.118. The largest absolute Gasteiger partial charge is 0.596 e. The molecule has 0 atom stereocenters. The normalized spacial score (nSPS) is 21.5. The Morgan fingerprint density at radius 1 is 1.35 bits per heavy atom. The first kappa shape index (κ1) is 10.6. The molecule has 1 aliphatic heterocycles. The number of amides is 1. The summed E-state index contributed by atoms with van der Waals surface area (Å²) in [4.78, 5) is 12.9. The molecular weight excluding hydrogens is 240 g/mol. The van der Waals surface area contributed by atoms with Crippen molar-refractivity contribution in [3.63, 3.8) is 0 Å². The van der Waals surface area contributed by atoms with E-state index in [1.165, 1.54) is 5.01 Å². The van der Waals surface area contributed by atoms with Crippen LogP contribution >= 0.6 is 11.6 Å². The Balaban J connectivity index is 2.05. The first-order valence-electron chi connectivity index (χ1n) is 5.47. The van der Waals surface area contributed by atoms with Crippen LogP contribution in [0.15, 0.2) is 24.3 Å². The number of benzene rings is 1. The molecule has 1 aliphatic carbocycles. The standard InChI is InChI=1S/C12H11ClN2O2/c1-8-12(6-7-12)11(16)14(15(8)17)10-4-2-9(13)3-5-10/h2-5H,6-7H2,1H3. The van der Waals surface area contributed by atoms with Crippen LogP contribution in [-0.2, 0) is 4.79 Å². The number of hydrazine groups is 1. The Kier molecular flexibility index (Phi) is 2.01. The molecule has 1 aromatic carbocycles. The van der Waals surface area contributed by atoms with Crippen LogP contribution in [-0.4, -0.2) is 16.5 Å². The molecule has 1 saturated carbocycles. The molecule has 4 nitrogen and oxygen atoms in total. The summed E-state index contributed by atoms with van der Waals surface area (Å²) in [7, 11) is 0. The fourth-order valence-corrected chi connectivity index (χ4v) is 2.40. The molecule has 5 heteroatoms. The third-order valence-electron chi connectivity index (χ3n) is 3.58. The Morgan fingerprint density at radius 3 is 2.41 bits per heavy atom. The molecule has 1 amide bonds. The summed E-state index contributed by atoms with van der Waals surface area (Å²) in [6.07, 6.45) is 1.56. The van der Waals surface area contributed by atoms with E-state index >= 15 is 0 Å². The van der Waals surface area contributed by atoms with Crippen LogP contribution in [0.3, 0.4) is 0 Å². The van der Waals surface area contributed by atoms with Gasteiger partial charge in [0.2, 0.25) is 5.71 Å². The van der Waals surface area contributed by atoms with Crippen LogP contribution in [0.2, 0.25) is 5.02 Å². The van der Waals surface area contributed by atoms with Gasteiger partial charge in [-0.25, -0.2) is 0 Å². The van der Waals surface area contributed by atoms with Gasteiger partial charge in [-0.05, 0) is 37.1 Å².